The molecule has 6 nitrogen and oxygen atoms in total. The molecule has 5 unspecified atom stereocenters. The van der Waals surface area contributed by atoms with Gasteiger partial charge in [-0.1, -0.05) is 109 Å². The third-order valence-corrected chi connectivity index (χ3v) is 7.05. The van der Waals surface area contributed by atoms with Gasteiger partial charge in [0.25, 0.3) is 0 Å². The number of methoxy groups -OCH3 is 1. The van der Waals surface area contributed by atoms with Crippen molar-refractivity contribution in [3.63, 3.8) is 0 Å². The lowest BCUT2D eigenvalue weighted by molar-refractivity contribution is -0.191. The molecule has 0 spiro atoms. The van der Waals surface area contributed by atoms with Crippen LogP contribution in [0.25, 0.3) is 0 Å². The predicted molar refractivity (Wildman–Crippen MR) is 155 cm³/mol. The maximum absolute atomic E-state index is 11.7. The first-order valence-electron chi connectivity index (χ1n) is 13.7. The summed E-state index contributed by atoms with van der Waals surface area (Å²) < 4.78 is 30.8. The van der Waals surface area contributed by atoms with Crippen molar-refractivity contribution >= 4 is 0 Å². The summed E-state index contributed by atoms with van der Waals surface area (Å²) in [6.07, 6.45) is 3.78. The van der Waals surface area contributed by atoms with Crippen LogP contribution >= 0.6 is 0 Å². The maximum atomic E-state index is 11.7. The molecular weight excluding hydrogens is 504 g/mol. The van der Waals surface area contributed by atoms with Gasteiger partial charge in [-0.25, -0.2) is 0 Å². The van der Waals surface area contributed by atoms with E-state index in [0.717, 1.165) is 16.7 Å². The molecule has 0 amide bonds. The van der Waals surface area contributed by atoms with Gasteiger partial charge in [0, 0.05) is 13.5 Å². The zero-order valence-electron chi connectivity index (χ0n) is 23.1. The van der Waals surface area contributed by atoms with Gasteiger partial charge in [-0.2, -0.15) is 0 Å². The molecule has 1 aliphatic rings. The maximum Gasteiger partial charge on any atom is 0.147 e. The van der Waals surface area contributed by atoms with Crippen molar-refractivity contribution in [2.24, 2.45) is 0 Å². The number of hydrogen-bond donors (Lipinski definition) is 1. The minimum absolute atomic E-state index is 0.0603. The Labute approximate surface area is 237 Å². The van der Waals surface area contributed by atoms with Crippen LogP contribution in [0.1, 0.15) is 29.5 Å². The van der Waals surface area contributed by atoms with Crippen LogP contribution in [-0.2, 0) is 43.5 Å². The van der Waals surface area contributed by atoms with E-state index < -0.39 is 30.0 Å². The molecule has 4 rings (SSSR count). The van der Waals surface area contributed by atoms with E-state index in [1.165, 1.54) is 0 Å². The number of ether oxygens (including phenoxy) is 5. The van der Waals surface area contributed by atoms with Gasteiger partial charge in [0.15, 0.2) is 0 Å². The van der Waals surface area contributed by atoms with Crippen LogP contribution in [-0.4, -0.2) is 49.0 Å². The summed E-state index contributed by atoms with van der Waals surface area (Å²) in [4.78, 5) is 0. The van der Waals surface area contributed by atoms with E-state index in [-0.39, 0.29) is 13.2 Å². The summed E-state index contributed by atoms with van der Waals surface area (Å²) >= 11 is 0. The van der Waals surface area contributed by atoms with E-state index in [4.69, 9.17) is 23.7 Å². The molecule has 0 heterocycles. The van der Waals surface area contributed by atoms with Gasteiger partial charge in [0.1, 0.15) is 30.7 Å². The SMILES string of the molecule is C=CCC1(OCc2ccccc2)CC(O)C(OCc2ccccc2)C(OCOC)/C=C\C1OCc1ccccc1. The molecule has 0 aliphatic heterocycles. The van der Waals surface area contributed by atoms with Gasteiger partial charge in [-0.3, -0.25) is 0 Å². The van der Waals surface area contributed by atoms with Crippen molar-refractivity contribution < 1.29 is 28.8 Å². The smallest absolute Gasteiger partial charge is 0.147 e. The molecule has 6 heteroatoms. The number of aliphatic hydroxyl groups excluding tert-OH is 1. The molecule has 0 bridgehead atoms. The lowest BCUT2D eigenvalue weighted by Gasteiger charge is -2.43. The third kappa shape index (κ3) is 8.45. The highest BCUT2D eigenvalue weighted by atomic mass is 16.7. The van der Waals surface area contributed by atoms with Gasteiger partial charge < -0.3 is 28.8 Å². The molecular formula is C34H40O6. The van der Waals surface area contributed by atoms with Crippen LogP contribution in [0.15, 0.2) is 116 Å². The van der Waals surface area contributed by atoms with E-state index in [2.05, 4.69) is 6.58 Å². The van der Waals surface area contributed by atoms with Crippen molar-refractivity contribution in [3.05, 3.63) is 132 Å². The monoisotopic (exact) mass is 544 g/mol. The Morgan fingerprint density at radius 2 is 1.32 bits per heavy atom. The molecule has 0 saturated carbocycles. The van der Waals surface area contributed by atoms with E-state index in [9.17, 15) is 5.11 Å². The van der Waals surface area contributed by atoms with Gasteiger partial charge in [0.05, 0.1) is 25.9 Å². The van der Waals surface area contributed by atoms with Gasteiger partial charge in [0.2, 0.25) is 0 Å². The third-order valence-electron chi connectivity index (χ3n) is 7.05. The van der Waals surface area contributed by atoms with Crippen molar-refractivity contribution in [1.29, 1.82) is 0 Å². The fourth-order valence-electron chi connectivity index (χ4n) is 4.98. The number of rotatable bonds is 14. The lowest BCUT2D eigenvalue weighted by atomic mass is 9.81. The largest absolute Gasteiger partial charge is 0.390 e. The van der Waals surface area contributed by atoms with Crippen LogP contribution in [0.3, 0.4) is 0 Å². The summed E-state index contributed by atoms with van der Waals surface area (Å²) in [5, 5.41) is 11.7. The number of aliphatic hydroxyl groups is 1. The van der Waals surface area contributed by atoms with Crippen LogP contribution < -0.4 is 0 Å². The molecule has 1 N–H and O–H groups in total. The molecule has 3 aromatic rings. The molecule has 0 fully saturated rings. The molecule has 5 atom stereocenters. The first kappa shape index (κ1) is 29.9. The minimum atomic E-state index is -0.922. The van der Waals surface area contributed by atoms with Crippen molar-refractivity contribution in [1.82, 2.24) is 0 Å². The van der Waals surface area contributed by atoms with E-state index in [1.54, 1.807) is 7.11 Å². The van der Waals surface area contributed by atoms with Crippen LogP contribution in [0.4, 0.5) is 0 Å². The van der Waals surface area contributed by atoms with Crippen molar-refractivity contribution in [2.75, 3.05) is 13.9 Å². The first-order chi connectivity index (χ1) is 19.6. The molecule has 0 saturated heterocycles. The summed E-state index contributed by atoms with van der Waals surface area (Å²) in [6.45, 7) is 5.16. The average molecular weight is 545 g/mol. The fraction of sp³-hybridized carbons (Fsp3) is 0.353. The van der Waals surface area contributed by atoms with Gasteiger partial charge in [-0.05, 0) is 23.1 Å². The second kappa shape index (κ2) is 15.6. The number of benzene rings is 3. The highest BCUT2D eigenvalue weighted by Gasteiger charge is 2.45. The Kier molecular flexibility index (Phi) is 11.7. The Bertz CT molecular complexity index is 1150. The lowest BCUT2D eigenvalue weighted by Crippen LogP contribution is -2.53. The molecule has 1 aliphatic carbocycles. The molecule has 3 aromatic carbocycles. The van der Waals surface area contributed by atoms with E-state index in [1.807, 2.05) is 109 Å². The summed E-state index contributed by atoms with van der Waals surface area (Å²) in [7, 11) is 1.57. The fourth-order valence-corrected chi connectivity index (χ4v) is 4.98. The zero-order chi connectivity index (χ0) is 28.0. The molecule has 0 aromatic heterocycles. The Hall–Kier alpha value is -3.10. The second-order valence-corrected chi connectivity index (χ2v) is 10.0. The van der Waals surface area contributed by atoms with E-state index in [0.29, 0.717) is 26.2 Å². The second-order valence-electron chi connectivity index (χ2n) is 10.0. The first-order valence-corrected chi connectivity index (χ1v) is 13.7. The van der Waals surface area contributed by atoms with Crippen LogP contribution in [0, 0.1) is 0 Å². The van der Waals surface area contributed by atoms with Gasteiger partial charge >= 0.3 is 0 Å². The highest BCUT2D eigenvalue weighted by Crippen LogP contribution is 2.36. The topological polar surface area (TPSA) is 66.4 Å². The standard InChI is InChI=1S/C34H40O6/c1-3-21-34(40-25-29-17-11-6-12-18-29)22-30(35)33(38-24-28-15-9-5-10-16-28)31(39-26-36-2)19-20-32(34)37-23-27-13-7-4-8-14-27/h3-20,30-33,35H,1,21-26H2,2H3/b20-19-. The Morgan fingerprint density at radius 3 is 1.88 bits per heavy atom. The Morgan fingerprint density at radius 1 is 0.775 bits per heavy atom. The van der Waals surface area contributed by atoms with Crippen molar-refractivity contribution in [2.45, 2.75) is 62.7 Å². The zero-order valence-corrected chi connectivity index (χ0v) is 23.1. The quantitative estimate of drug-likeness (QED) is 0.198. The summed E-state index contributed by atoms with van der Waals surface area (Å²) in [6, 6.07) is 29.9. The Balaban J connectivity index is 1.65. The van der Waals surface area contributed by atoms with Gasteiger partial charge in [-0.15, -0.1) is 6.58 Å². The molecule has 40 heavy (non-hydrogen) atoms. The van der Waals surface area contributed by atoms with Crippen LogP contribution in [0.2, 0.25) is 0 Å². The predicted octanol–water partition coefficient (Wildman–Crippen LogP) is 6.00. The molecule has 212 valence electrons. The summed E-state index contributed by atoms with van der Waals surface area (Å²) in [5.74, 6) is 0. The minimum Gasteiger partial charge on any atom is -0.390 e. The van der Waals surface area contributed by atoms with E-state index >= 15 is 0 Å². The summed E-state index contributed by atoms with van der Waals surface area (Å²) in [5.41, 5.74) is 2.19. The normalized spacial score (nSPS) is 25.6. The van der Waals surface area contributed by atoms with Crippen LogP contribution in [0.5, 0.6) is 0 Å². The molecule has 0 radical (unpaired) electrons. The average Bonchev–Trinajstić information content (AvgIpc) is 2.99. The van der Waals surface area contributed by atoms with Crippen molar-refractivity contribution in [3.8, 4) is 0 Å². The highest BCUT2D eigenvalue weighted by molar-refractivity contribution is 5.18. The number of hydrogen-bond acceptors (Lipinski definition) is 6.